The van der Waals surface area contributed by atoms with E-state index in [4.69, 9.17) is 0 Å². The number of anilines is 1. The van der Waals surface area contributed by atoms with Crippen molar-refractivity contribution >= 4 is 11.7 Å². The molecule has 2 aliphatic heterocycles. The molecule has 2 aliphatic rings. The van der Waals surface area contributed by atoms with Crippen LogP contribution in [0.1, 0.15) is 42.1 Å². The van der Waals surface area contributed by atoms with E-state index in [2.05, 4.69) is 45.9 Å². The van der Waals surface area contributed by atoms with Crippen LogP contribution in [0.5, 0.6) is 0 Å². The molecule has 5 heteroatoms. The van der Waals surface area contributed by atoms with Crippen LogP contribution in [0.25, 0.3) is 0 Å². The number of carbonyl (C=O) groups is 1. The van der Waals surface area contributed by atoms with Gasteiger partial charge in [0.25, 0.3) is 0 Å². The quantitative estimate of drug-likeness (QED) is 0.717. The van der Waals surface area contributed by atoms with E-state index in [0.717, 1.165) is 48.8 Å². The largest absolute Gasteiger partial charge is 0.388 e. The van der Waals surface area contributed by atoms with E-state index in [9.17, 15) is 9.90 Å². The zero-order chi connectivity index (χ0) is 19.3. The highest BCUT2D eigenvalue weighted by Crippen LogP contribution is 2.26. The maximum absolute atomic E-state index is 11.4. The van der Waals surface area contributed by atoms with Gasteiger partial charge in [-0.25, -0.2) is 4.79 Å². The molecular weight excluding hydrogens is 350 g/mol. The second kappa shape index (κ2) is 8.76. The molecule has 2 amide bonds. The second-order valence-electron chi connectivity index (χ2n) is 8.00. The molecule has 0 aromatic heterocycles. The van der Waals surface area contributed by atoms with Crippen LogP contribution in [-0.4, -0.2) is 35.7 Å². The van der Waals surface area contributed by atoms with Gasteiger partial charge in [0, 0.05) is 18.8 Å². The number of nitrogens with zero attached hydrogens (tertiary/aromatic N) is 1. The number of rotatable bonds is 6. The summed E-state index contributed by atoms with van der Waals surface area (Å²) in [6, 6.07) is 16.4. The number of urea groups is 1. The summed E-state index contributed by atoms with van der Waals surface area (Å²) < 4.78 is 0. The molecule has 1 atom stereocenters. The maximum atomic E-state index is 11.4. The van der Waals surface area contributed by atoms with Gasteiger partial charge in [-0.05, 0) is 73.5 Å². The highest BCUT2D eigenvalue weighted by atomic mass is 16.3. The van der Waals surface area contributed by atoms with E-state index < -0.39 is 6.10 Å². The molecule has 0 spiro atoms. The zero-order valence-electron chi connectivity index (χ0n) is 16.2. The van der Waals surface area contributed by atoms with E-state index in [1.54, 1.807) is 0 Å². The van der Waals surface area contributed by atoms with Gasteiger partial charge in [-0.15, -0.1) is 0 Å². The molecule has 1 unspecified atom stereocenters. The van der Waals surface area contributed by atoms with E-state index in [-0.39, 0.29) is 6.03 Å². The van der Waals surface area contributed by atoms with Crippen molar-refractivity contribution in [3.05, 3.63) is 65.2 Å². The summed E-state index contributed by atoms with van der Waals surface area (Å²) in [4.78, 5) is 13.8. The first-order valence-electron chi connectivity index (χ1n) is 10.3. The van der Waals surface area contributed by atoms with Crippen LogP contribution in [0.2, 0.25) is 0 Å². The lowest BCUT2D eigenvalue weighted by molar-refractivity contribution is 0.123. The van der Waals surface area contributed by atoms with Gasteiger partial charge in [0.1, 0.15) is 0 Å². The molecule has 0 radical (unpaired) electrons. The Morgan fingerprint density at radius 2 is 1.89 bits per heavy atom. The van der Waals surface area contributed by atoms with Crippen molar-refractivity contribution in [2.75, 3.05) is 25.0 Å². The number of aliphatic hydroxyl groups is 1. The molecule has 4 rings (SSSR count). The van der Waals surface area contributed by atoms with Crippen LogP contribution >= 0.6 is 0 Å². The van der Waals surface area contributed by atoms with Crippen molar-refractivity contribution in [1.29, 1.82) is 0 Å². The number of likely N-dealkylation sites (tertiary alicyclic amines) is 1. The van der Waals surface area contributed by atoms with Crippen molar-refractivity contribution in [2.24, 2.45) is 5.92 Å². The zero-order valence-corrected chi connectivity index (χ0v) is 16.2. The first-order valence-corrected chi connectivity index (χ1v) is 10.3. The number of fused-ring (bicyclic) bond motifs is 1. The molecule has 1 fully saturated rings. The molecule has 3 N–H and O–H groups in total. The van der Waals surface area contributed by atoms with Gasteiger partial charge in [-0.2, -0.15) is 0 Å². The van der Waals surface area contributed by atoms with Crippen LogP contribution in [0.4, 0.5) is 10.5 Å². The Kier molecular flexibility index (Phi) is 5.93. The van der Waals surface area contributed by atoms with Crippen molar-refractivity contribution < 1.29 is 9.90 Å². The number of piperidine rings is 1. The summed E-state index contributed by atoms with van der Waals surface area (Å²) in [5, 5.41) is 16.2. The summed E-state index contributed by atoms with van der Waals surface area (Å²) in [6.07, 6.45) is 3.91. The summed E-state index contributed by atoms with van der Waals surface area (Å²) in [7, 11) is 0. The monoisotopic (exact) mass is 379 g/mol. The van der Waals surface area contributed by atoms with Crippen molar-refractivity contribution in [2.45, 2.75) is 38.3 Å². The fourth-order valence-corrected chi connectivity index (χ4v) is 4.26. The molecule has 2 aromatic carbocycles. The summed E-state index contributed by atoms with van der Waals surface area (Å²) in [6.45, 7) is 3.66. The fraction of sp³-hybridized carbons (Fsp3) is 0.435. The Hall–Kier alpha value is -2.37. The predicted octanol–water partition coefficient (Wildman–Crippen LogP) is 3.70. The lowest BCUT2D eigenvalue weighted by atomic mass is 9.90. The smallest absolute Gasteiger partial charge is 0.319 e. The standard InChI is InChI=1S/C23H29N3O2/c27-22(19-6-7-21-20(15-19)16-24-23(28)25-21)10-13-26-11-8-18(9-12-26)14-17-4-2-1-3-5-17/h1-7,15,18,22,27H,8-14,16H2,(H2,24,25,28). The third-order valence-electron chi connectivity index (χ3n) is 5.99. The van der Waals surface area contributed by atoms with Crippen molar-refractivity contribution in [3.8, 4) is 0 Å². The van der Waals surface area contributed by atoms with Gasteiger partial charge >= 0.3 is 6.03 Å². The number of amides is 2. The number of aliphatic hydroxyl groups excluding tert-OH is 1. The summed E-state index contributed by atoms with van der Waals surface area (Å²) in [5.41, 5.74) is 4.23. The topological polar surface area (TPSA) is 64.6 Å². The third kappa shape index (κ3) is 4.72. The second-order valence-corrected chi connectivity index (χ2v) is 8.00. The molecule has 148 valence electrons. The molecule has 2 heterocycles. The number of benzene rings is 2. The first kappa shape index (κ1) is 19.0. The van der Waals surface area contributed by atoms with E-state index in [1.165, 1.54) is 24.8 Å². The minimum atomic E-state index is -0.468. The lowest BCUT2D eigenvalue weighted by Crippen LogP contribution is -2.35. The molecule has 28 heavy (non-hydrogen) atoms. The van der Waals surface area contributed by atoms with E-state index in [0.29, 0.717) is 6.54 Å². The molecule has 0 aliphatic carbocycles. The van der Waals surface area contributed by atoms with Gasteiger partial charge in [0.05, 0.1) is 6.10 Å². The van der Waals surface area contributed by atoms with Crippen LogP contribution in [0.3, 0.4) is 0 Å². The Labute approximate surface area is 166 Å². The predicted molar refractivity (Wildman–Crippen MR) is 111 cm³/mol. The SMILES string of the molecule is O=C1NCc2cc(C(O)CCN3CCC(Cc4ccccc4)CC3)ccc2N1. The number of hydrogen-bond donors (Lipinski definition) is 3. The fourth-order valence-electron chi connectivity index (χ4n) is 4.26. The third-order valence-corrected chi connectivity index (χ3v) is 5.99. The molecule has 0 saturated carbocycles. The summed E-state index contributed by atoms with van der Waals surface area (Å²) in [5.74, 6) is 0.770. The van der Waals surface area contributed by atoms with Gasteiger partial charge < -0.3 is 20.6 Å². The van der Waals surface area contributed by atoms with Crippen LogP contribution in [0, 0.1) is 5.92 Å². The van der Waals surface area contributed by atoms with Crippen molar-refractivity contribution in [3.63, 3.8) is 0 Å². The summed E-state index contributed by atoms with van der Waals surface area (Å²) >= 11 is 0. The van der Waals surface area contributed by atoms with Crippen molar-refractivity contribution in [1.82, 2.24) is 10.2 Å². The Morgan fingerprint density at radius 3 is 2.68 bits per heavy atom. The number of carbonyl (C=O) groups excluding carboxylic acids is 1. The highest BCUT2D eigenvalue weighted by molar-refractivity contribution is 5.92. The highest BCUT2D eigenvalue weighted by Gasteiger charge is 2.21. The molecule has 2 aromatic rings. The minimum Gasteiger partial charge on any atom is -0.388 e. The van der Waals surface area contributed by atoms with Crippen LogP contribution in [0.15, 0.2) is 48.5 Å². The van der Waals surface area contributed by atoms with Gasteiger partial charge in [-0.3, -0.25) is 0 Å². The number of hydrogen-bond acceptors (Lipinski definition) is 3. The molecule has 0 bridgehead atoms. The normalized spacial score (nSPS) is 18.8. The van der Waals surface area contributed by atoms with E-state index >= 15 is 0 Å². The van der Waals surface area contributed by atoms with Gasteiger partial charge in [-0.1, -0.05) is 36.4 Å². The Bertz CT molecular complexity index is 801. The Morgan fingerprint density at radius 1 is 1.11 bits per heavy atom. The minimum absolute atomic E-state index is 0.170. The maximum Gasteiger partial charge on any atom is 0.319 e. The average Bonchev–Trinajstić information content (AvgIpc) is 2.73. The van der Waals surface area contributed by atoms with Crippen LogP contribution in [-0.2, 0) is 13.0 Å². The van der Waals surface area contributed by atoms with Gasteiger partial charge in [0.2, 0.25) is 0 Å². The molecule has 1 saturated heterocycles. The number of nitrogens with one attached hydrogen (secondary N) is 2. The van der Waals surface area contributed by atoms with Gasteiger partial charge in [0.15, 0.2) is 0 Å². The lowest BCUT2D eigenvalue weighted by Gasteiger charge is -2.32. The van der Waals surface area contributed by atoms with Crippen LogP contribution < -0.4 is 10.6 Å². The average molecular weight is 380 g/mol. The Balaban J connectivity index is 1.23. The van der Waals surface area contributed by atoms with E-state index in [1.807, 2.05) is 18.2 Å². The molecular formula is C23H29N3O2. The first-order chi connectivity index (χ1) is 13.7. The molecule has 5 nitrogen and oxygen atoms in total.